The average molecular weight is 191 g/mol. The summed E-state index contributed by atoms with van der Waals surface area (Å²) in [5.74, 6) is 1.82. The van der Waals surface area contributed by atoms with E-state index in [0.29, 0.717) is 0 Å². The van der Waals surface area contributed by atoms with Gasteiger partial charge in [0.15, 0.2) is 0 Å². The number of nitrogens with one attached hydrogen (secondary N) is 1. The molecule has 0 atom stereocenters. The summed E-state index contributed by atoms with van der Waals surface area (Å²) in [5, 5.41) is 7.16. The minimum Gasteiger partial charge on any atom is -0.358 e. The summed E-state index contributed by atoms with van der Waals surface area (Å²) in [5.41, 5.74) is 0.982. The molecule has 0 radical (unpaired) electrons. The van der Waals surface area contributed by atoms with Crippen LogP contribution >= 0.6 is 0 Å². The maximum absolute atomic E-state index is 4.34. The van der Waals surface area contributed by atoms with Crippen LogP contribution in [0.3, 0.4) is 0 Å². The summed E-state index contributed by atoms with van der Waals surface area (Å²) in [7, 11) is 3.76. The summed E-state index contributed by atoms with van der Waals surface area (Å²) in [6.07, 6.45) is 3.74. The van der Waals surface area contributed by atoms with Crippen LogP contribution in [-0.4, -0.2) is 26.4 Å². The molecule has 1 N–H and O–H groups in total. The van der Waals surface area contributed by atoms with E-state index in [2.05, 4.69) is 15.4 Å². The molecular weight excluding hydrogens is 178 g/mol. The van der Waals surface area contributed by atoms with E-state index in [0.717, 1.165) is 17.5 Å². The van der Waals surface area contributed by atoms with Crippen molar-refractivity contribution in [2.75, 3.05) is 12.4 Å². The largest absolute Gasteiger partial charge is 0.358 e. The van der Waals surface area contributed by atoms with Gasteiger partial charge in [-0.05, 0) is 6.92 Å². The topological polar surface area (TPSA) is 47.7 Å². The highest BCUT2D eigenvalue weighted by Crippen LogP contribution is 2.14. The third-order valence-electron chi connectivity index (χ3n) is 2.09. The number of aryl methyl sites for hydroxylation is 2. The minimum atomic E-state index is 0.825. The second-order valence-corrected chi connectivity index (χ2v) is 3.14. The monoisotopic (exact) mass is 191 g/mol. The van der Waals surface area contributed by atoms with Crippen molar-refractivity contribution >= 4 is 5.95 Å². The van der Waals surface area contributed by atoms with Crippen LogP contribution in [-0.2, 0) is 7.05 Å². The van der Waals surface area contributed by atoms with Crippen LogP contribution in [0.1, 0.15) is 5.69 Å². The van der Waals surface area contributed by atoms with Gasteiger partial charge in [-0.1, -0.05) is 0 Å². The summed E-state index contributed by atoms with van der Waals surface area (Å²) in [6.45, 7) is 1.97. The van der Waals surface area contributed by atoms with Crippen LogP contribution < -0.4 is 5.32 Å². The van der Waals surface area contributed by atoms with E-state index >= 15 is 0 Å². The third-order valence-corrected chi connectivity index (χ3v) is 2.09. The van der Waals surface area contributed by atoms with Gasteiger partial charge in [0.1, 0.15) is 5.82 Å². The van der Waals surface area contributed by atoms with Gasteiger partial charge in [-0.3, -0.25) is 9.25 Å². The number of hydrogen-bond donors (Lipinski definition) is 1. The quantitative estimate of drug-likeness (QED) is 0.769. The molecule has 2 heterocycles. The number of imidazole rings is 1. The molecular formula is C9H13N5. The third kappa shape index (κ3) is 1.26. The molecule has 2 rings (SSSR count). The predicted molar refractivity (Wildman–Crippen MR) is 54.6 cm³/mol. The van der Waals surface area contributed by atoms with Crippen molar-refractivity contribution in [3.05, 3.63) is 24.2 Å². The van der Waals surface area contributed by atoms with Crippen LogP contribution in [0.5, 0.6) is 0 Å². The maximum Gasteiger partial charge on any atom is 0.208 e. The molecule has 0 saturated carbocycles. The molecule has 0 spiro atoms. The van der Waals surface area contributed by atoms with Crippen molar-refractivity contribution < 1.29 is 0 Å². The van der Waals surface area contributed by atoms with E-state index in [-0.39, 0.29) is 0 Å². The highest BCUT2D eigenvalue weighted by atomic mass is 15.3. The zero-order chi connectivity index (χ0) is 10.1. The Bertz CT molecular complexity index is 440. The number of nitrogens with zero attached hydrogens (tertiary/aromatic N) is 4. The Kier molecular flexibility index (Phi) is 1.99. The van der Waals surface area contributed by atoms with E-state index in [1.54, 1.807) is 6.20 Å². The molecule has 0 bridgehead atoms. The molecule has 0 amide bonds. The van der Waals surface area contributed by atoms with Gasteiger partial charge in [0.25, 0.3) is 0 Å². The summed E-state index contributed by atoms with van der Waals surface area (Å²) >= 11 is 0. The lowest BCUT2D eigenvalue weighted by Crippen LogP contribution is -2.05. The lowest BCUT2D eigenvalue weighted by Gasteiger charge is -2.06. The van der Waals surface area contributed by atoms with Crippen molar-refractivity contribution in [2.24, 2.45) is 7.05 Å². The van der Waals surface area contributed by atoms with Gasteiger partial charge < -0.3 is 5.32 Å². The van der Waals surface area contributed by atoms with Gasteiger partial charge in [-0.15, -0.1) is 0 Å². The van der Waals surface area contributed by atoms with Crippen molar-refractivity contribution in [3.63, 3.8) is 0 Å². The fourth-order valence-electron chi connectivity index (χ4n) is 1.45. The normalized spacial score (nSPS) is 10.5. The van der Waals surface area contributed by atoms with Crippen molar-refractivity contribution in [3.8, 4) is 5.82 Å². The minimum absolute atomic E-state index is 0.825. The van der Waals surface area contributed by atoms with Gasteiger partial charge in [-0.2, -0.15) is 5.10 Å². The molecule has 2 aromatic rings. The summed E-state index contributed by atoms with van der Waals surface area (Å²) in [4.78, 5) is 4.34. The zero-order valence-corrected chi connectivity index (χ0v) is 8.52. The second kappa shape index (κ2) is 3.17. The Morgan fingerprint density at radius 1 is 1.43 bits per heavy atom. The molecule has 0 aromatic carbocycles. The molecule has 0 aliphatic heterocycles. The molecule has 2 aromatic heterocycles. The summed E-state index contributed by atoms with van der Waals surface area (Å²) < 4.78 is 3.78. The Labute approximate surface area is 82.4 Å². The van der Waals surface area contributed by atoms with E-state index in [1.807, 2.05) is 42.5 Å². The fraction of sp³-hybridized carbons (Fsp3) is 0.333. The van der Waals surface area contributed by atoms with Gasteiger partial charge in [0, 0.05) is 26.4 Å². The summed E-state index contributed by atoms with van der Waals surface area (Å²) in [6, 6.07) is 1.95. The number of aromatic nitrogens is 4. The Balaban J connectivity index is 2.55. The number of hydrogen-bond acceptors (Lipinski definition) is 3. The molecule has 5 heteroatoms. The molecule has 0 saturated heterocycles. The lowest BCUT2D eigenvalue weighted by atomic mass is 10.5. The molecule has 0 fully saturated rings. The van der Waals surface area contributed by atoms with Crippen molar-refractivity contribution in [1.29, 1.82) is 0 Å². The Morgan fingerprint density at radius 2 is 2.21 bits per heavy atom. The highest BCUT2D eigenvalue weighted by Gasteiger charge is 2.07. The van der Waals surface area contributed by atoms with Crippen molar-refractivity contribution in [2.45, 2.75) is 6.92 Å². The molecule has 0 unspecified atom stereocenters. The van der Waals surface area contributed by atoms with E-state index in [1.165, 1.54) is 0 Å². The highest BCUT2D eigenvalue weighted by molar-refractivity contribution is 5.38. The van der Waals surface area contributed by atoms with Crippen LogP contribution in [0, 0.1) is 6.92 Å². The second-order valence-electron chi connectivity index (χ2n) is 3.14. The standard InChI is InChI=1S/C9H13N5/c1-7-6-14(9(10-2)12-7)8-4-5-11-13(8)3/h4-6H,1-3H3,(H,10,12). The van der Waals surface area contributed by atoms with E-state index in [4.69, 9.17) is 0 Å². The Morgan fingerprint density at radius 3 is 2.79 bits per heavy atom. The first kappa shape index (κ1) is 8.80. The molecule has 5 nitrogen and oxygen atoms in total. The lowest BCUT2D eigenvalue weighted by molar-refractivity contribution is 0.731. The fourth-order valence-corrected chi connectivity index (χ4v) is 1.45. The molecule has 74 valence electrons. The van der Waals surface area contributed by atoms with Crippen LogP contribution in [0.25, 0.3) is 5.82 Å². The zero-order valence-electron chi connectivity index (χ0n) is 8.52. The first-order chi connectivity index (χ1) is 6.72. The van der Waals surface area contributed by atoms with Gasteiger partial charge in [0.05, 0.1) is 11.9 Å². The SMILES string of the molecule is CNc1nc(C)cn1-c1ccnn1C. The Hall–Kier alpha value is -1.78. The number of rotatable bonds is 2. The molecule has 0 aliphatic carbocycles. The van der Waals surface area contributed by atoms with E-state index < -0.39 is 0 Å². The maximum atomic E-state index is 4.34. The van der Waals surface area contributed by atoms with Crippen molar-refractivity contribution in [1.82, 2.24) is 19.3 Å². The van der Waals surface area contributed by atoms with Crippen LogP contribution in [0.15, 0.2) is 18.5 Å². The first-order valence-electron chi connectivity index (χ1n) is 4.44. The average Bonchev–Trinajstić information content (AvgIpc) is 2.71. The van der Waals surface area contributed by atoms with E-state index in [9.17, 15) is 0 Å². The van der Waals surface area contributed by atoms with Gasteiger partial charge in [-0.25, -0.2) is 4.98 Å². The smallest absolute Gasteiger partial charge is 0.208 e. The van der Waals surface area contributed by atoms with Gasteiger partial charge in [0.2, 0.25) is 5.95 Å². The number of anilines is 1. The predicted octanol–water partition coefficient (Wildman–Crippen LogP) is 0.956. The molecule has 14 heavy (non-hydrogen) atoms. The van der Waals surface area contributed by atoms with Crippen LogP contribution in [0.4, 0.5) is 5.95 Å². The van der Waals surface area contributed by atoms with Gasteiger partial charge >= 0.3 is 0 Å². The first-order valence-corrected chi connectivity index (χ1v) is 4.44. The van der Waals surface area contributed by atoms with Crippen LogP contribution in [0.2, 0.25) is 0 Å². The molecule has 0 aliphatic rings.